The Balaban J connectivity index is 1.79. The number of aryl methyl sites for hydroxylation is 1. The molecule has 0 atom stereocenters. The highest BCUT2D eigenvalue weighted by Gasteiger charge is 2.66. The van der Waals surface area contributed by atoms with Crippen molar-refractivity contribution < 1.29 is 50.8 Å². The van der Waals surface area contributed by atoms with Gasteiger partial charge in [-0.1, -0.05) is 6.92 Å². The molecule has 0 radical (unpaired) electrons. The van der Waals surface area contributed by atoms with Crippen molar-refractivity contribution in [3.05, 3.63) is 41.6 Å². The molecular formula is C23H19F4NO7. The van der Waals surface area contributed by atoms with Crippen LogP contribution in [0.4, 0.5) is 22.4 Å². The van der Waals surface area contributed by atoms with Gasteiger partial charge in [0.2, 0.25) is 0 Å². The van der Waals surface area contributed by atoms with Gasteiger partial charge in [-0.05, 0) is 31.5 Å². The van der Waals surface area contributed by atoms with Crippen LogP contribution in [0.3, 0.4) is 0 Å². The number of hydrogen-bond acceptors (Lipinski definition) is 8. The molecule has 4 rings (SSSR count). The highest BCUT2D eigenvalue weighted by atomic mass is 19.3. The van der Waals surface area contributed by atoms with E-state index in [-0.39, 0.29) is 23.0 Å². The molecule has 0 saturated carbocycles. The Morgan fingerprint density at radius 1 is 1.00 bits per heavy atom. The number of methoxy groups -OCH3 is 2. The van der Waals surface area contributed by atoms with Crippen molar-refractivity contribution in [2.45, 2.75) is 32.5 Å². The first-order chi connectivity index (χ1) is 16.5. The molecule has 0 bridgehead atoms. The lowest BCUT2D eigenvalue weighted by Gasteiger charge is -2.31. The van der Waals surface area contributed by atoms with Crippen molar-refractivity contribution in [1.82, 2.24) is 4.98 Å². The first kappa shape index (κ1) is 24.2. The van der Waals surface area contributed by atoms with Gasteiger partial charge < -0.3 is 28.4 Å². The molecule has 0 unspecified atom stereocenters. The number of halogens is 4. The van der Waals surface area contributed by atoms with Crippen LogP contribution in [0.5, 0.6) is 34.5 Å². The SMILES string of the molecule is CCc1c(C)nc2cc(OC)c(Oc3ccc4c(c3)OC(F)(F)C(F)(F)O4)cc2c1OC(=O)OC. The van der Waals surface area contributed by atoms with Crippen LogP contribution in [-0.2, 0) is 11.2 Å². The maximum atomic E-state index is 13.6. The maximum Gasteiger partial charge on any atom is 0.513 e. The third-order valence-corrected chi connectivity index (χ3v) is 5.19. The van der Waals surface area contributed by atoms with Crippen LogP contribution in [0.15, 0.2) is 30.3 Å². The second-order valence-electron chi connectivity index (χ2n) is 7.38. The molecule has 8 nitrogen and oxygen atoms in total. The zero-order chi connectivity index (χ0) is 25.5. The number of fused-ring (bicyclic) bond motifs is 2. The molecule has 12 heteroatoms. The molecule has 1 aromatic heterocycles. The van der Waals surface area contributed by atoms with E-state index in [1.807, 2.05) is 6.92 Å². The van der Waals surface area contributed by atoms with Crippen LogP contribution in [0.1, 0.15) is 18.2 Å². The van der Waals surface area contributed by atoms with Gasteiger partial charge in [0, 0.05) is 28.8 Å². The highest BCUT2D eigenvalue weighted by molar-refractivity contribution is 5.91. The monoisotopic (exact) mass is 497 g/mol. The zero-order valence-electron chi connectivity index (χ0n) is 18.9. The average Bonchev–Trinajstić information content (AvgIpc) is 2.79. The summed E-state index contributed by atoms with van der Waals surface area (Å²) in [6.45, 7) is 3.61. The number of carbonyl (C=O) groups is 1. The lowest BCUT2D eigenvalue weighted by atomic mass is 10.0. The van der Waals surface area contributed by atoms with Gasteiger partial charge in [-0.2, -0.15) is 17.6 Å². The average molecular weight is 497 g/mol. The van der Waals surface area contributed by atoms with Gasteiger partial charge in [-0.25, -0.2) is 4.79 Å². The summed E-state index contributed by atoms with van der Waals surface area (Å²) in [6.07, 6.45) is -10.2. The van der Waals surface area contributed by atoms with Crippen molar-refractivity contribution >= 4 is 17.1 Å². The fourth-order valence-electron chi connectivity index (χ4n) is 3.53. The predicted octanol–water partition coefficient (Wildman–Crippen LogP) is 6.01. The number of aromatic nitrogens is 1. The van der Waals surface area contributed by atoms with Crippen LogP contribution in [0.25, 0.3) is 10.9 Å². The van der Waals surface area contributed by atoms with Crippen LogP contribution in [0.2, 0.25) is 0 Å². The summed E-state index contributed by atoms with van der Waals surface area (Å²) >= 11 is 0. The van der Waals surface area contributed by atoms with Crippen molar-refractivity contribution in [2.24, 2.45) is 0 Å². The molecule has 186 valence electrons. The van der Waals surface area contributed by atoms with Crippen molar-refractivity contribution in [1.29, 1.82) is 0 Å². The van der Waals surface area contributed by atoms with Crippen LogP contribution in [0, 0.1) is 6.92 Å². The second-order valence-corrected chi connectivity index (χ2v) is 7.38. The van der Waals surface area contributed by atoms with E-state index in [1.54, 1.807) is 6.92 Å². The van der Waals surface area contributed by atoms with E-state index in [2.05, 4.69) is 19.2 Å². The number of benzene rings is 2. The molecule has 0 fully saturated rings. The van der Waals surface area contributed by atoms with Crippen LogP contribution >= 0.6 is 0 Å². The Labute approximate surface area is 196 Å². The smallest absolute Gasteiger partial charge is 0.493 e. The molecule has 0 amide bonds. The molecule has 2 aromatic carbocycles. The zero-order valence-corrected chi connectivity index (χ0v) is 18.9. The quantitative estimate of drug-likeness (QED) is 0.313. The summed E-state index contributed by atoms with van der Waals surface area (Å²) in [7, 11) is 2.54. The third kappa shape index (κ3) is 4.31. The first-order valence-electron chi connectivity index (χ1n) is 10.2. The number of ether oxygens (including phenoxy) is 6. The highest BCUT2D eigenvalue weighted by Crippen LogP contribution is 2.49. The summed E-state index contributed by atoms with van der Waals surface area (Å²) in [5, 5.41) is 0.386. The molecule has 0 aliphatic carbocycles. The van der Waals surface area contributed by atoms with E-state index >= 15 is 0 Å². The molecular weight excluding hydrogens is 478 g/mol. The number of hydrogen-bond donors (Lipinski definition) is 0. The Morgan fingerprint density at radius 3 is 2.31 bits per heavy atom. The summed E-state index contributed by atoms with van der Waals surface area (Å²) in [5.41, 5.74) is 1.70. The Bertz CT molecular complexity index is 1310. The molecule has 3 aromatic rings. The van der Waals surface area contributed by atoms with Gasteiger partial charge in [0.25, 0.3) is 0 Å². The van der Waals surface area contributed by atoms with Crippen molar-refractivity contribution in [3.63, 3.8) is 0 Å². The summed E-state index contributed by atoms with van der Waals surface area (Å²) in [4.78, 5) is 16.4. The van der Waals surface area contributed by atoms with Gasteiger partial charge in [0.1, 0.15) is 11.5 Å². The van der Waals surface area contributed by atoms with E-state index < -0.39 is 29.9 Å². The lowest BCUT2D eigenvalue weighted by molar-refractivity contribution is -0.391. The number of alkyl halides is 4. The minimum Gasteiger partial charge on any atom is -0.493 e. The Hall–Kier alpha value is -3.96. The van der Waals surface area contributed by atoms with Gasteiger partial charge in [-0.15, -0.1) is 0 Å². The summed E-state index contributed by atoms with van der Waals surface area (Å²) in [5.74, 6) is -0.755. The molecule has 35 heavy (non-hydrogen) atoms. The maximum absolute atomic E-state index is 13.6. The van der Waals surface area contributed by atoms with E-state index in [9.17, 15) is 22.4 Å². The molecule has 0 spiro atoms. The number of pyridine rings is 1. The summed E-state index contributed by atoms with van der Waals surface area (Å²) in [6, 6.07) is 6.22. The minimum atomic E-state index is -4.88. The standard InChI is InChI=1S/C23H19F4NO7/c1-5-13-11(2)28-15-10-17(30-3)18(9-14(15)20(13)33-21(29)31-4)32-12-6-7-16-19(8-12)35-23(26,27)22(24,25)34-16/h6-10H,5H2,1-4H3. The van der Waals surface area contributed by atoms with Gasteiger partial charge in [-0.3, -0.25) is 4.98 Å². The van der Waals surface area contributed by atoms with E-state index in [1.165, 1.54) is 32.4 Å². The number of carbonyl (C=O) groups excluding carboxylic acids is 1. The van der Waals surface area contributed by atoms with Crippen LogP contribution in [-0.4, -0.2) is 37.6 Å². The van der Waals surface area contributed by atoms with Crippen molar-refractivity contribution in [2.75, 3.05) is 14.2 Å². The van der Waals surface area contributed by atoms with Gasteiger partial charge in [0.15, 0.2) is 23.0 Å². The molecule has 0 N–H and O–H groups in total. The van der Waals surface area contributed by atoms with E-state index in [4.69, 9.17) is 14.2 Å². The largest absolute Gasteiger partial charge is 0.513 e. The van der Waals surface area contributed by atoms with Gasteiger partial charge >= 0.3 is 18.4 Å². The van der Waals surface area contributed by atoms with Crippen molar-refractivity contribution in [3.8, 4) is 34.5 Å². The molecule has 1 aliphatic rings. The Kier molecular flexibility index (Phi) is 5.99. The molecule has 2 heterocycles. The normalized spacial score (nSPS) is 15.4. The predicted molar refractivity (Wildman–Crippen MR) is 113 cm³/mol. The van der Waals surface area contributed by atoms with Gasteiger partial charge in [0.05, 0.1) is 19.7 Å². The fourth-order valence-corrected chi connectivity index (χ4v) is 3.53. The van der Waals surface area contributed by atoms with Crippen LogP contribution < -0.4 is 23.7 Å². The number of rotatable bonds is 5. The second kappa shape index (κ2) is 8.67. The molecule has 0 saturated heterocycles. The van der Waals surface area contributed by atoms with E-state index in [0.717, 1.165) is 12.1 Å². The van der Waals surface area contributed by atoms with E-state index in [0.29, 0.717) is 28.6 Å². The topological polar surface area (TPSA) is 85.3 Å². The number of nitrogens with zero attached hydrogens (tertiary/aromatic N) is 1. The fraction of sp³-hybridized carbons (Fsp3) is 0.304. The Morgan fingerprint density at radius 2 is 1.69 bits per heavy atom. The molecule has 1 aliphatic heterocycles. The summed E-state index contributed by atoms with van der Waals surface area (Å²) < 4.78 is 83.4. The third-order valence-electron chi connectivity index (χ3n) is 5.19. The lowest BCUT2D eigenvalue weighted by Crippen LogP contribution is -2.52. The first-order valence-corrected chi connectivity index (χ1v) is 10.2. The minimum absolute atomic E-state index is 0.0442.